The Bertz CT molecular complexity index is 838. The van der Waals surface area contributed by atoms with Crippen LogP contribution in [-0.2, 0) is 0 Å². The minimum atomic E-state index is -0.866. The number of hydrogen-bond donors (Lipinski definition) is 1. The molecule has 25 heavy (non-hydrogen) atoms. The molecular weight excluding hydrogens is 387 g/mol. The molecule has 128 valence electrons. The molecule has 1 aliphatic rings. The van der Waals surface area contributed by atoms with Crippen molar-refractivity contribution in [3.63, 3.8) is 0 Å². The lowest BCUT2D eigenvalue weighted by atomic mass is 9.88. The molecule has 0 unspecified atom stereocenters. The summed E-state index contributed by atoms with van der Waals surface area (Å²) in [4.78, 5) is 12.4. The van der Waals surface area contributed by atoms with E-state index in [4.69, 9.17) is 5.11 Å². The van der Waals surface area contributed by atoms with Crippen molar-refractivity contribution in [1.82, 2.24) is 4.90 Å². The number of benzene rings is 2. The highest BCUT2D eigenvalue weighted by molar-refractivity contribution is 9.10. The molecule has 1 amide bonds. The van der Waals surface area contributed by atoms with Crippen molar-refractivity contribution in [3.8, 4) is 17.2 Å². The van der Waals surface area contributed by atoms with Crippen molar-refractivity contribution in [3.05, 3.63) is 57.8 Å². The smallest absolute Gasteiger partial charge is 0.407 e. The summed E-state index contributed by atoms with van der Waals surface area (Å²) in [6, 6.07) is 13.0. The zero-order valence-electron chi connectivity index (χ0n) is 13.4. The van der Waals surface area contributed by atoms with Crippen LogP contribution < -0.4 is 0 Å². The van der Waals surface area contributed by atoms with Gasteiger partial charge in [-0.1, -0.05) is 30.3 Å². The molecule has 0 saturated carbocycles. The van der Waals surface area contributed by atoms with Crippen LogP contribution in [0.5, 0.6) is 0 Å². The summed E-state index contributed by atoms with van der Waals surface area (Å²) >= 11 is 3.10. The first-order valence-corrected chi connectivity index (χ1v) is 8.77. The fourth-order valence-electron chi connectivity index (χ4n) is 3.24. The largest absolute Gasteiger partial charge is 0.465 e. The lowest BCUT2D eigenvalue weighted by Gasteiger charge is -2.30. The summed E-state index contributed by atoms with van der Waals surface area (Å²) in [6.07, 6.45) is 0.722. The number of carboxylic acid groups (broad SMARTS) is 1. The molecule has 0 atom stereocenters. The average molecular weight is 403 g/mol. The van der Waals surface area contributed by atoms with Crippen molar-refractivity contribution in [1.29, 1.82) is 5.26 Å². The molecule has 0 spiro atoms. The van der Waals surface area contributed by atoms with Crippen molar-refractivity contribution >= 4 is 22.0 Å². The van der Waals surface area contributed by atoms with Crippen LogP contribution in [0.2, 0.25) is 0 Å². The molecule has 0 radical (unpaired) electrons. The third kappa shape index (κ3) is 3.52. The number of nitrogens with zero attached hydrogens (tertiary/aromatic N) is 2. The Morgan fingerprint density at radius 2 is 1.84 bits per heavy atom. The van der Waals surface area contributed by atoms with E-state index in [2.05, 4.69) is 15.9 Å². The standard InChI is InChI=1S/C19H16BrFN2O2/c20-17-6-5-15(16(11-22)18(17)21)14-3-1-12(2-4-14)13-7-9-23(10-8-13)19(24)25/h1-6,13H,7-10H2,(H,24,25). The van der Waals surface area contributed by atoms with Crippen LogP contribution >= 0.6 is 15.9 Å². The van der Waals surface area contributed by atoms with E-state index < -0.39 is 11.9 Å². The van der Waals surface area contributed by atoms with Gasteiger partial charge < -0.3 is 10.0 Å². The third-order valence-electron chi connectivity index (χ3n) is 4.67. The van der Waals surface area contributed by atoms with Gasteiger partial charge in [0.25, 0.3) is 0 Å². The molecule has 6 heteroatoms. The summed E-state index contributed by atoms with van der Waals surface area (Å²) in [6.45, 7) is 1.08. The van der Waals surface area contributed by atoms with Crippen LogP contribution in [-0.4, -0.2) is 29.2 Å². The number of halogens is 2. The van der Waals surface area contributed by atoms with Gasteiger partial charge in [-0.15, -0.1) is 0 Å². The second-order valence-corrected chi connectivity index (χ2v) is 6.92. The van der Waals surface area contributed by atoms with Crippen LogP contribution in [0.15, 0.2) is 40.9 Å². The Labute approximate surface area is 153 Å². The van der Waals surface area contributed by atoms with Crippen LogP contribution in [0, 0.1) is 17.1 Å². The summed E-state index contributed by atoms with van der Waals surface area (Å²) in [5, 5.41) is 18.3. The molecule has 2 aromatic rings. The number of carbonyl (C=O) groups is 1. The molecule has 1 fully saturated rings. The molecule has 0 aromatic heterocycles. The minimum absolute atomic E-state index is 0.0249. The van der Waals surface area contributed by atoms with Gasteiger partial charge in [-0.2, -0.15) is 5.26 Å². The number of amides is 1. The Balaban J connectivity index is 1.81. The van der Waals surface area contributed by atoms with E-state index in [0.29, 0.717) is 24.6 Å². The monoisotopic (exact) mass is 402 g/mol. The average Bonchev–Trinajstić information content (AvgIpc) is 2.64. The van der Waals surface area contributed by atoms with Crippen LogP contribution in [0.4, 0.5) is 9.18 Å². The topological polar surface area (TPSA) is 64.3 Å². The SMILES string of the molecule is N#Cc1c(-c2ccc(C3CCN(C(=O)O)CC3)cc2)ccc(Br)c1F. The predicted molar refractivity (Wildman–Crippen MR) is 95.8 cm³/mol. The van der Waals surface area contributed by atoms with E-state index in [1.807, 2.05) is 30.3 Å². The third-order valence-corrected chi connectivity index (χ3v) is 5.28. The zero-order chi connectivity index (χ0) is 18.0. The van der Waals surface area contributed by atoms with Gasteiger partial charge in [0.15, 0.2) is 5.82 Å². The van der Waals surface area contributed by atoms with Crippen molar-refractivity contribution in [2.24, 2.45) is 0 Å². The van der Waals surface area contributed by atoms with Crippen LogP contribution in [0.3, 0.4) is 0 Å². The highest BCUT2D eigenvalue weighted by Crippen LogP contribution is 2.32. The molecule has 2 aromatic carbocycles. The molecule has 1 aliphatic heterocycles. The van der Waals surface area contributed by atoms with Crippen molar-refractivity contribution in [2.75, 3.05) is 13.1 Å². The second kappa shape index (κ2) is 7.24. The number of hydrogen-bond acceptors (Lipinski definition) is 2. The van der Waals surface area contributed by atoms with E-state index in [1.165, 1.54) is 4.90 Å². The lowest BCUT2D eigenvalue weighted by molar-refractivity contribution is 0.132. The van der Waals surface area contributed by atoms with E-state index >= 15 is 0 Å². The second-order valence-electron chi connectivity index (χ2n) is 6.06. The van der Waals surface area contributed by atoms with E-state index in [9.17, 15) is 14.4 Å². The van der Waals surface area contributed by atoms with Crippen LogP contribution in [0.25, 0.3) is 11.1 Å². The fourth-order valence-corrected chi connectivity index (χ4v) is 3.57. The minimum Gasteiger partial charge on any atom is -0.465 e. The molecule has 3 rings (SSSR count). The molecule has 1 N–H and O–H groups in total. The zero-order valence-corrected chi connectivity index (χ0v) is 15.0. The van der Waals surface area contributed by atoms with Gasteiger partial charge in [0.05, 0.1) is 10.0 Å². The maximum Gasteiger partial charge on any atom is 0.407 e. The molecule has 0 bridgehead atoms. The van der Waals surface area contributed by atoms with Crippen LogP contribution in [0.1, 0.15) is 29.9 Å². The summed E-state index contributed by atoms with van der Waals surface area (Å²) < 4.78 is 14.4. The van der Waals surface area contributed by atoms with Gasteiger partial charge in [-0.05, 0) is 51.9 Å². The number of likely N-dealkylation sites (tertiary alicyclic amines) is 1. The summed E-state index contributed by atoms with van der Waals surface area (Å²) in [5.74, 6) is -0.230. The van der Waals surface area contributed by atoms with Crippen molar-refractivity contribution < 1.29 is 14.3 Å². The first-order chi connectivity index (χ1) is 12.0. The fraction of sp³-hybridized carbons (Fsp3) is 0.263. The van der Waals surface area contributed by atoms with E-state index in [0.717, 1.165) is 24.0 Å². The molecule has 1 saturated heterocycles. The Kier molecular flexibility index (Phi) is 5.05. The first kappa shape index (κ1) is 17.4. The Hall–Kier alpha value is -2.39. The Morgan fingerprint density at radius 1 is 1.20 bits per heavy atom. The predicted octanol–water partition coefficient (Wildman–Crippen LogP) is 4.98. The van der Waals surface area contributed by atoms with Gasteiger partial charge >= 0.3 is 6.09 Å². The first-order valence-electron chi connectivity index (χ1n) is 7.97. The Morgan fingerprint density at radius 3 is 2.40 bits per heavy atom. The van der Waals surface area contributed by atoms with Gasteiger partial charge in [-0.25, -0.2) is 9.18 Å². The van der Waals surface area contributed by atoms with E-state index in [-0.39, 0.29) is 10.0 Å². The quantitative estimate of drug-likeness (QED) is 0.769. The van der Waals surface area contributed by atoms with Gasteiger partial charge in [0.2, 0.25) is 0 Å². The summed E-state index contributed by atoms with van der Waals surface area (Å²) in [7, 11) is 0. The highest BCUT2D eigenvalue weighted by Gasteiger charge is 2.23. The van der Waals surface area contributed by atoms with Gasteiger partial charge in [0.1, 0.15) is 6.07 Å². The number of rotatable bonds is 2. The van der Waals surface area contributed by atoms with Gasteiger partial charge in [0, 0.05) is 18.7 Å². The number of nitriles is 1. The summed E-state index contributed by atoms with van der Waals surface area (Å²) in [5.41, 5.74) is 2.52. The van der Waals surface area contributed by atoms with Gasteiger partial charge in [-0.3, -0.25) is 0 Å². The molecule has 1 heterocycles. The molecule has 0 aliphatic carbocycles. The van der Waals surface area contributed by atoms with Crippen molar-refractivity contribution in [2.45, 2.75) is 18.8 Å². The normalized spacial score (nSPS) is 15.0. The highest BCUT2D eigenvalue weighted by atomic mass is 79.9. The van der Waals surface area contributed by atoms with E-state index in [1.54, 1.807) is 12.1 Å². The number of piperidine rings is 1. The molecular formula is C19H16BrFN2O2. The maximum atomic E-state index is 14.1. The lowest BCUT2D eigenvalue weighted by Crippen LogP contribution is -2.36. The maximum absolute atomic E-state index is 14.1. The molecule has 4 nitrogen and oxygen atoms in total.